The maximum Gasteiger partial charge on any atom is 0.415 e. The largest absolute Gasteiger partial charge is 0.441 e. The van der Waals surface area contributed by atoms with Crippen LogP contribution < -0.4 is 9.80 Å². The topological polar surface area (TPSA) is 65.6 Å². The van der Waals surface area contributed by atoms with Crippen molar-refractivity contribution in [1.29, 1.82) is 0 Å². The maximum atomic E-state index is 14.4. The second kappa shape index (κ2) is 11.2. The number of anilines is 2. The van der Waals surface area contributed by atoms with Crippen molar-refractivity contribution in [2.24, 2.45) is 17.8 Å². The van der Waals surface area contributed by atoms with Crippen LogP contribution in [0.5, 0.6) is 0 Å². The molecule has 0 spiro atoms. The van der Waals surface area contributed by atoms with Crippen LogP contribution in [0.4, 0.5) is 16.2 Å². The first kappa shape index (κ1) is 29.5. The summed E-state index contributed by atoms with van der Waals surface area (Å²) < 4.78 is 12.6. The summed E-state index contributed by atoms with van der Waals surface area (Å²) in [5, 5.41) is 0. The number of amides is 2. The van der Waals surface area contributed by atoms with E-state index in [0.29, 0.717) is 36.9 Å². The number of piperidine rings is 1. The van der Waals surface area contributed by atoms with Crippen molar-refractivity contribution in [3.63, 3.8) is 0 Å². The second-order valence-corrected chi connectivity index (χ2v) is 13.7. The van der Waals surface area contributed by atoms with Crippen molar-refractivity contribution in [1.82, 2.24) is 9.80 Å². The van der Waals surface area contributed by atoms with Gasteiger partial charge in [-0.05, 0) is 69.7 Å². The zero-order chi connectivity index (χ0) is 29.9. The van der Waals surface area contributed by atoms with Gasteiger partial charge >= 0.3 is 6.09 Å². The maximum absolute atomic E-state index is 14.4. The second-order valence-electron chi connectivity index (χ2n) is 13.7. The predicted octanol–water partition coefficient (Wildman–Crippen LogP) is 5.97. The highest BCUT2D eigenvalue weighted by Crippen LogP contribution is 2.60. The zero-order valence-electron chi connectivity index (χ0n) is 26.5. The number of carbonyl (C=O) groups excluding carboxylic acids is 2. The van der Waals surface area contributed by atoms with E-state index in [1.807, 2.05) is 22.8 Å². The van der Waals surface area contributed by atoms with E-state index < -0.39 is 5.60 Å². The first-order valence-corrected chi connectivity index (χ1v) is 16.2. The van der Waals surface area contributed by atoms with Crippen LogP contribution in [0.25, 0.3) is 0 Å². The minimum absolute atomic E-state index is 0.00960. The van der Waals surface area contributed by atoms with Crippen LogP contribution >= 0.6 is 0 Å². The van der Waals surface area contributed by atoms with Gasteiger partial charge < -0.3 is 19.3 Å². The molecule has 2 aliphatic carbocycles. The summed E-state index contributed by atoms with van der Waals surface area (Å²) in [5.41, 5.74) is 3.46. The van der Waals surface area contributed by atoms with Gasteiger partial charge in [0.15, 0.2) is 0 Å². The summed E-state index contributed by atoms with van der Waals surface area (Å²) in [4.78, 5) is 35.6. The Morgan fingerprint density at radius 2 is 1.90 bits per heavy atom. The van der Waals surface area contributed by atoms with Crippen LogP contribution in [0.15, 0.2) is 30.5 Å². The molecule has 0 aromatic heterocycles. The van der Waals surface area contributed by atoms with Gasteiger partial charge in [0, 0.05) is 63.2 Å². The average Bonchev–Trinajstić information content (AvgIpc) is 3.73. The highest BCUT2D eigenvalue weighted by molar-refractivity contribution is 6.02. The van der Waals surface area contributed by atoms with Gasteiger partial charge in [-0.25, -0.2) is 4.79 Å². The molecule has 8 heteroatoms. The number of nitrogens with zero attached hydrogens (tertiary/aromatic N) is 4. The fourth-order valence-corrected chi connectivity index (χ4v) is 9.07. The Balaban J connectivity index is 1.33. The molecular formula is C34H50N4O4. The quantitative estimate of drug-likeness (QED) is 0.397. The van der Waals surface area contributed by atoms with Crippen molar-refractivity contribution in [2.75, 3.05) is 43.6 Å². The molecule has 4 fully saturated rings. The molecule has 1 aromatic carbocycles. The lowest BCUT2D eigenvalue weighted by molar-refractivity contribution is -0.259. The smallest absolute Gasteiger partial charge is 0.415 e. The minimum Gasteiger partial charge on any atom is -0.441 e. The first-order valence-electron chi connectivity index (χ1n) is 16.2. The van der Waals surface area contributed by atoms with E-state index in [9.17, 15) is 9.59 Å². The molecule has 2 saturated heterocycles. The molecule has 0 N–H and O–H groups in total. The molecule has 42 heavy (non-hydrogen) atoms. The van der Waals surface area contributed by atoms with Gasteiger partial charge in [-0.2, -0.15) is 0 Å². The number of likely N-dealkylation sites (tertiary alicyclic amines) is 2. The van der Waals surface area contributed by atoms with E-state index in [-0.39, 0.29) is 30.2 Å². The number of hydrogen-bond acceptors (Lipinski definition) is 6. The van der Waals surface area contributed by atoms with E-state index >= 15 is 0 Å². The molecule has 1 aromatic rings. The fourth-order valence-electron chi connectivity index (χ4n) is 9.07. The van der Waals surface area contributed by atoms with Crippen LogP contribution in [0.1, 0.15) is 84.1 Å². The number of benzene rings is 1. The lowest BCUT2D eigenvalue weighted by atomic mass is 9.49. The minimum atomic E-state index is -0.524. The molecule has 7 unspecified atom stereocenters. The monoisotopic (exact) mass is 578 g/mol. The molecule has 0 radical (unpaired) electrons. The third-order valence-electron chi connectivity index (χ3n) is 11.1. The Bertz CT molecular complexity index is 1230. The molecule has 2 saturated carbocycles. The van der Waals surface area contributed by atoms with Gasteiger partial charge in [-0.3, -0.25) is 14.6 Å². The number of rotatable bonds is 7. The molecule has 5 aliphatic rings. The third kappa shape index (κ3) is 4.73. The van der Waals surface area contributed by atoms with Crippen LogP contribution in [0.3, 0.4) is 0 Å². The van der Waals surface area contributed by atoms with Crippen molar-refractivity contribution in [3.8, 4) is 0 Å². The van der Waals surface area contributed by atoms with Gasteiger partial charge in [-0.15, -0.1) is 0 Å². The lowest BCUT2D eigenvalue weighted by Gasteiger charge is -2.65. The number of methoxy groups -OCH3 is 1. The summed E-state index contributed by atoms with van der Waals surface area (Å²) in [6, 6.07) is 6.83. The van der Waals surface area contributed by atoms with E-state index in [2.05, 4.69) is 49.4 Å². The van der Waals surface area contributed by atoms with E-state index in [1.54, 1.807) is 14.0 Å². The van der Waals surface area contributed by atoms with Crippen LogP contribution in [0.2, 0.25) is 0 Å². The predicted molar refractivity (Wildman–Crippen MR) is 166 cm³/mol. The Labute approximate surface area is 252 Å². The number of carbonyl (C=O) groups is 2. The molecular weight excluding hydrogens is 528 g/mol. The van der Waals surface area contributed by atoms with E-state index in [1.165, 1.54) is 24.1 Å². The van der Waals surface area contributed by atoms with Crippen LogP contribution in [-0.2, 0) is 14.3 Å². The SMILES string of the molecule is C=C1CC(c2ccc3c(c2)N(C(=O)OC24CN(C)C(OC)CC2C(CC)C4CCC)CC(C)N3C(C)=O)CN1C1CC1. The summed E-state index contributed by atoms with van der Waals surface area (Å²) in [6.45, 7) is 14.5. The highest BCUT2D eigenvalue weighted by atomic mass is 16.6. The van der Waals surface area contributed by atoms with Crippen LogP contribution in [-0.4, -0.2) is 79.5 Å². The van der Waals surface area contributed by atoms with E-state index in [4.69, 9.17) is 9.47 Å². The lowest BCUT2D eigenvalue weighted by Crippen LogP contribution is -2.73. The van der Waals surface area contributed by atoms with Gasteiger partial charge in [-0.1, -0.05) is 39.3 Å². The third-order valence-corrected chi connectivity index (χ3v) is 11.1. The van der Waals surface area contributed by atoms with Crippen molar-refractivity contribution in [2.45, 2.75) is 102 Å². The molecule has 2 amide bonds. The van der Waals surface area contributed by atoms with Crippen molar-refractivity contribution >= 4 is 23.4 Å². The molecule has 3 heterocycles. The highest BCUT2D eigenvalue weighted by Gasteiger charge is 2.66. The van der Waals surface area contributed by atoms with Gasteiger partial charge in [0.1, 0.15) is 11.8 Å². The van der Waals surface area contributed by atoms with Crippen LogP contribution in [0, 0.1) is 17.8 Å². The Morgan fingerprint density at radius 3 is 2.55 bits per heavy atom. The molecule has 6 rings (SSSR count). The first-order chi connectivity index (χ1) is 20.1. The number of ether oxygens (including phenoxy) is 2. The standard InChI is InChI=1S/C34H50N4O4/c1-8-10-28-27(9-2)29-17-32(41-7)35(6)20-34(28,29)42-33(40)37-18-22(4)38(23(5)39)30-14-11-24(16-31(30)37)25-15-21(3)36(19-25)26-12-13-26/h11,14,16,22,25-29,32H,3,8-10,12-13,15,17-20H2,1-2,4-7H3. The normalized spacial score (nSPS) is 34.6. The summed E-state index contributed by atoms with van der Waals surface area (Å²) in [6.07, 6.45) is 7.26. The summed E-state index contributed by atoms with van der Waals surface area (Å²) >= 11 is 0. The van der Waals surface area contributed by atoms with E-state index in [0.717, 1.165) is 50.0 Å². The Kier molecular flexibility index (Phi) is 7.84. The molecule has 8 nitrogen and oxygen atoms in total. The number of likely N-dealkylation sites (N-methyl/N-ethyl adjacent to an activating group) is 1. The zero-order valence-corrected chi connectivity index (χ0v) is 26.5. The number of fused-ring (bicyclic) bond motifs is 2. The van der Waals surface area contributed by atoms with Gasteiger partial charge in [0.25, 0.3) is 0 Å². The number of hydrogen-bond donors (Lipinski definition) is 0. The summed E-state index contributed by atoms with van der Waals surface area (Å²) in [5.74, 6) is 1.47. The summed E-state index contributed by atoms with van der Waals surface area (Å²) in [7, 11) is 3.86. The Morgan fingerprint density at radius 1 is 1.14 bits per heavy atom. The van der Waals surface area contributed by atoms with Gasteiger partial charge in [0.05, 0.1) is 17.4 Å². The molecule has 0 bridgehead atoms. The Hall–Kier alpha value is -2.58. The fraction of sp³-hybridized carbons (Fsp3) is 0.706. The molecule has 3 aliphatic heterocycles. The van der Waals surface area contributed by atoms with Crippen molar-refractivity contribution < 1.29 is 19.1 Å². The molecule has 230 valence electrons. The van der Waals surface area contributed by atoms with Gasteiger partial charge in [0.2, 0.25) is 5.91 Å². The van der Waals surface area contributed by atoms with Crippen molar-refractivity contribution in [3.05, 3.63) is 36.0 Å². The molecule has 7 atom stereocenters. The average molecular weight is 579 g/mol. The number of allylic oxidation sites excluding steroid dienone is 1.